The molecule has 31 heavy (non-hydrogen) atoms. The molecular formula is C25H17ClFNO3. The predicted molar refractivity (Wildman–Crippen MR) is 118 cm³/mol. The van der Waals surface area contributed by atoms with Crippen molar-refractivity contribution in [3.05, 3.63) is 110 Å². The van der Waals surface area contributed by atoms with Gasteiger partial charge in [0.25, 0.3) is 5.91 Å². The minimum absolute atomic E-state index is 0.0337. The highest BCUT2D eigenvalue weighted by Crippen LogP contribution is 2.41. The van der Waals surface area contributed by atoms with Gasteiger partial charge in [0.15, 0.2) is 5.43 Å². The highest BCUT2D eigenvalue weighted by molar-refractivity contribution is 6.31. The summed E-state index contributed by atoms with van der Waals surface area (Å²) in [6, 6.07) is 17.6. The number of halogens is 2. The van der Waals surface area contributed by atoms with Gasteiger partial charge in [-0.05, 0) is 53.9 Å². The quantitative estimate of drug-likeness (QED) is 0.404. The number of fused-ring (bicyclic) bond motifs is 2. The van der Waals surface area contributed by atoms with Crippen LogP contribution in [-0.2, 0) is 6.42 Å². The molecule has 4 aromatic rings. The van der Waals surface area contributed by atoms with E-state index in [1.54, 1.807) is 24.3 Å². The fourth-order valence-corrected chi connectivity index (χ4v) is 4.27. The summed E-state index contributed by atoms with van der Waals surface area (Å²) in [5.74, 6) is -1.02. The number of hydrogen-bond donors (Lipinski definition) is 0. The van der Waals surface area contributed by atoms with Crippen LogP contribution >= 0.6 is 11.6 Å². The first-order valence-electron chi connectivity index (χ1n) is 9.92. The van der Waals surface area contributed by atoms with Crippen molar-refractivity contribution < 1.29 is 13.6 Å². The standard InChI is InChI=1S/C25H17ClFNO3/c1-2-14-6-8-15(9-7-14)22-21-23(29)19-13-17(27)10-11-20(19)31-24(21)25(30)28(22)18-5-3-4-16(26)12-18/h3-13,22H,2H2,1H3. The molecule has 3 aromatic carbocycles. The lowest BCUT2D eigenvalue weighted by Crippen LogP contribution is -2.29. The predicted octanol–water partition coefficient (Wildman–Crippen LogP) is 5.90. The summed E-state index contributed by atoms with van der Waals surface area (Å²) < 4.78 is 19.7. The van der Waals surface area contributed by atoms with Gasteiger partial charge in [-0.1, -0.05) is 48.9 Å². The molecule has 1 aliphatic heterocycles. The van der Waals surface area contributed by atoms with Crippen molar-refractivity contribution >= 4 is 34.2 Å². The number of amides is 1. The molecule has 0 radical (unpaired) electrons. The summed E-state index contributed by atoms with van der Waals surface area (Å²) in [6.07, 6.45) is 0.866. The van der Waals surface area contributed by atoms with E-state index in [4.69, 9.17) is 16.0 Å². The first kappa shape index (κ1) is 19.5. The topological polar surface area (TPSA) is 50.5 Å². The molecule has 1 amide bonds. The summed E-state index contributed by atoms with van der Waals surface area (Å²) in [5, 5.41) is 0.572. The third kappa shape index (κ3) is 3.13. The van der Waals surface area contributed by atoms with Crippen molar-refractivity contribution in [3.63, 3.8) is 0 Å². The zero-order chi connectivity index (χ0) is 21.7. The molecule has 5 rings (SSSR count). The Morgan fingerprint density at radius 3 is 2.52 bits per heavy atom. The number of anilines is 1. The van der Waals surface area contributed by atoms with Crippen LogP contribution < -0.4 is 10.3 Å². The van der Waals surface area contributed by atoms with Crippen LogP contribution in [0.1, 0.15) is 40.2 Å². The monoisotopic (exact) mass is 433 g/mol. The number of hydrogen-bond acceptors (Lipinski definition) is 3. The van der Waals surface area contributed by atoms with E-state index in [1.807, 2.05) is 24.3 Å². The Bertz CT molecular complexity index is 1390. The Morgan fingerprint density at radius 1 is 1.03 bits per heavy atom. The zero-order valence-corrected chi connectivity index (χ0v) is 17.3. The number of rotatable bonds is 3. The minimum atomic E-state index is -0.712. The fourth-order valence-electron chi connectivity index (χ4n) is 4.09. The van der Waals surface area contributed by atoms with E-state index in [2.05, 4.69) is 6.92 Å². The molecule has 1 aliphatic rings. The first-order valence-corrected chi connectivity index (χ1v) is 10.3. The van der Waals surface area contributed by atoms with Gasteiger partial charge in [-0.15, -0.1) is 0 Å². The van der Waals surface area contributed by atoms with E-state index in [9.17, 15) is 14.0 Å². The lowest BCUT2D eigenvalue weighted by Gasteiger charge is -2.25. The summed E-state index contributed by atoms with van der Waals surface area (Å²) in [6.45, 7) is 2.05. The number of carbonyl (C=O) groups is 1. The fraction of sp³-hybridized carbons (Fsp3) is 0.120. The Morgan fingerprint density at radius 2 is 1.81 bits per heavy atom. The van der Waals surface area contributed by atoms with Gasteiger partial charge in [0.1, 0.15) is 11.4 Å². The number of nitrogens with zero attached hydrogens (tertiary/aromatic N) is 1. The molecule has 4 nitrogen and oxygen atoms in total. The van der Waals surface area contributed by atoms with Crippen molar-refractivity contribution in [2.24, 2.45) is 0 Å². The molecule has 6 heteroatoms. The second kappa shape index (κ2) is 7.36. The van der Waals surface area contributed by atoms with Crippen LogP contribution in [0, 0.1) is 5.82 Å². The number of carbonyl (C=O) groups excluding carboxylic acids is 1. The number of benzene rings is 3. The summed E-state index contributed by atoms with van der Waals surface area (Å²) >= 11 is 6.18. The summed E-state index contributed by atoms with van der Waals surface area (Å²) in [7, 11) is 0. The van der Waals surface area contributed by atoms with Crippen molar-refractivity contribution in [2.45, 2.75) is 19.4 Å². The second-order valence-corrected chi connectivity index (χ2v) is 7.90. The summed E-state index contributed by atoms with van der Waals surface area (Å²) in [5.41, 5.74) is 2.39. The maximum Gasteiger partial charge on any atom is 0.295 e. The Kier molecular flexibility index (Phi) is 4.63. The molecule has 0 spiro atoms. The van der Waals surface area contributed by atoms with Gasteiger partial charge >= 0.3 is 0 Å². The van der Waals surface area contributed by atoms with Crippen molar-refractivity contribution in [2.75, 3.05) is 4.90 Å². The van der Waals surface area contributed by atoms with Crippen LogP contribution in [0.25, 0.3) is 11.0 Å². The van der Waals surface area contributed by atoms with Crippen LogP contribution in [0.15, 0.2) is 75.9 Å². The maximum atomic E-state index is 13.9. The highest BCUT2D eigenvalue weighted by atomic mass is 35.5. The smallest absolute Gasteiger partial charge is 0.295 e. The molecule has 0 saturated heterocycles. The van der Waals surface area contributed by atoms with Crippen LogP contribution in [0.3, 0.4) is 0 Å². The first-order chi connectivity index (χ1) is 15.0. The molecular weight excluding hydrogens is 417 g/mol. The van der Waals surface area contributed by atoms with E-state index < -0.39 is 23.2 Å². The minimum Gasteiger partial charge on any atom is -0.450 e. The van der Waals surface area contributed by atoms with Gasteiger partial charge in [0.2, 0.25) is 5.76 Å². The molecule has 0 fully saturated rings. The van der Waals surface area contributed by atoms with Crippen LogP contribution in [0.5, 0.6) is 0 Å². The molecule has 0 N–H and O–H groups in total. The van der Waals surface area contributed by atoms with Crippen LogP contribution in [-0.4, -0.2) is 5.91 Å². The third-order valence-electron chi connectivity index (χ3n) is 5.62. The molecule has 2 heterocycles. The highest BCUT2D eigenvalue weighted by Gasteiger charge is 2.43. The van der Waals surface area contributed by atoms with E-state index in [0.717, 1.165) is 23.6 Å². The van der Waals surface area contributed by atoms with E-state index in [-0.39, 0.29) is 22.3 Å². The molecule has 1 atom stereocenters. The number of aryl methyl sites for hydroxylation is 1. The van der Waals surface area contributed by atoms with Crippen molar-refractivity contribution in [3.8, 4) is 0 Å². The molecule has 0 saturated carbocycles. The van der Waals surface area contributed by atoms with Gasteiger partial charge in [-0.2, -0.15) is 0 Å². The van der Waals surface area contributed by atoms with E-state index in [0.29, 0.717) is 10.7 Å². The average molecular weight is 434 g/mol. The lowest BCUT2D eigenvalue weighted by atomic mass is 9.97. The van der Waals surface area contributed by atoms with Gasteiger partial charge in [0, 0.05) is 10.7 Å². The van der Waals surface area contributed by atoms with Gasteiger partial charge in [-0.3, -0.25) is 14.5 Å². The molecule has 0 aliphatic carbocycles. The maximum absolute atomic E-state index is 13.9. The molecule has 0 bridgehead atoms. The van der Waals surface area contributed by atoms with Gasteiger partial charge < -0.3 is 4.42 Å². The molecule has 1 unspecified atom stereocenters. The zero-order valence-electron chi connectivity index (χ0n) is 16.6. The normalized spacial score (nSPS) is 15.5. The Labute approximate surface area is 182 Å². The molecule has 1 aromatic heterocycles. The van der Waals surface area contributed by atoms with E-state index >= 15 is 0 Å². The van der Waals surface area contributed by atoms with E-state index in [1.165, 1.54) is 17.0 Å². The largest absolute Gasteiger partial charge is 0.450 e. The average Bonchev–Trinajstić information content (AvgIpc) is 3.07. The van der Waals surface area contributed by atoms with Crippen LogP contribution in [0.2, 0.25) is 5.02 Å². The lowest BCUT2D eigenvalue weighted by molar-refractivity contribution is 0.0971. The third-order valence-corrected chi connectivity index (χ3v) is 5.86. The SMILES string of the molecule is CCc1ccc(C2c3c(oc4ccc(F)cc4c3=O)C(=O)N2c2cccc(Cl)c2)cc1. The molecule has 154 valence electrons. The van der Waals surface area contributed by atoms with Crippen molar-refractivity contribution in [1.29, 1.82) is 0 Å². The van der Waals surface area contributed by atoms with Gasteiger partial charge in [0.05, 0.1) is 17.0 Å². The Balaban J connectivity index is 1.80. The van der Waals surface area contributed by atoms with Crippen LogP contribution in [0.4, 0.5) is 10.1 Å². The van der Waals surface area contributed by atoms with Gasteiger partial charge in [-0.25, -0.2) is 4.39 Å². The van der Waals surface area contributed by atoms with Crippen molar-refractivity contribution in [1.82, 2.24) is 0 Å². The summed E-state index contributed by atoms with van der Waals surface area (Å²) in [4.78, 5) is 28.4. The second-order valence-electron chi connectivity index (χ2n) is 7.47. The Hall–Kier alpha value is -3.44.